The quantitative estimate of drug-likeness (QED) is 0.427. The molecule has 0 aliphatic rings. The van der Waals surface area contributed by atoms with E-state index < -0.39 is 5.79 Å². The molecule has 0 spiro atoms. The highest BCUT2D eigenvalue weighted by Gasteiger charge is 2.40. The number of fused-ring (bicyclic) bond motifs is 2. The monoisotopic (exact) mass is 440 g/mol. The van der Waals surface area contributed by atoms with Gasteiger partial charge in [0.25, 0.3) is 5.56 Å². The van der Waals surface area contributed by atoms with Crippen LogP contribution in [-0.2, 0) is 5.79 Å². The van der Waals surface area contributed by atoms with E-state index in [1.54, 1.807) is 26.6 Å². The van der Waals surface area contributed by atoms with Gasteiger partial charge < -0.3 is 0 Å². The minimum absolute atomic E-state index is 0.182. The van der Waals surface area contributed by atoms with Crippen LogP contribution in [0.15, 0.2) is 66.1 Å². The van der Waals surface area contributed by atoms with Crippen LogP contribution in [0.3, 0.4) is 0 Å². The molecule has 2 N–H and O–H groups in total. The summed E-state index contributed by atoms with van der Waals surface area (Å²) < 4.78 is 3.33. The normalized spacial score (nSPS) is 13.6. The standard InChI is InChI=1S/C24H24N8O/c1-15-8-5-6-11-19(15)32-22(33)20-16(2)9-7-10-17(20)29-23(32)24(25,30(3)4)31-14-28-18-12-26-13-27-21(18)31/h5-14H,25H2,1-4H3. The first kappa shape index (κ1) is 20.9. The highest BCUT2D eigenvalue weighted by atomic mass is 16.1. The molecule has 3 heterocycles. The van der Waals surface area contributed by atoms with Crippen LogP contribution in [0.25, 0.3) is 27.8 Å². The SMILES string of the molecule is Cc1ccccc1-n1c(C(N)(N(C)C)n2cnc3cncnc32)nc2cccc(C)c2c1=O. The molecule has 9 nitrogen and oxygen atoms in total. The summed E-state index contributed by atoms with van der Waals surface area (Å²) in [5.41, 5.74) is 11.2. The maximum atomic E-state index is 14.0. The number of imidazole rings is 1. The van der Waals surface area contributed by atoms with Gasteiger partial charge in [-0.3, -0.25) is 24.6 Å². The van der Waals surface area contributed by atoms with Gasteiger partial charge in [0.2, 0.25) is 5.79 Å². The third-order valence-electron chi connectivity index (χ3n) is 6.05. The topological polar surface area (TPSA) is 108 Å². The molecule has 0 bridgehead atoms. The number of hydrogen-bond acceptors (Lipinski definition) is 7. The predicted octanol–water partition coefficient (Wildman–Crippen LogP) is 2.32. The zero-order chi connectivity index (χ0) is 23.3. The second kappa shape index (κ2) is 7.58. The lowest BCUT2D eigenvalue weighted by molar-refractivity contribution is 0.111. The number of para-hydroxylation sites is 1. The highest BCUT2D eigenvalue weighted by molar-refractivity contribution is 5.81. The maximum absolute atomic E-state index is 14.0. The van der Waals surface area contributed by atoms with Gasteiger partial charge in [0.05, 0.1) is 22.8 Å². The third kappa shape index (κ3) is 3.05. The van der Waals surface area contributed by atoms with Gasteiger partial charge in [-0.1, -0.05) is 30.3 Å². The van der Waals surface area contributed by atoms with Crippen molar-refractivity contribution in [2.45, 2.75) is 19.6 Å². The lowest BCUT2D eigenvalue weighted by Crippen LogP contribution is -2.58. The molecule has 0 aliphatic heterocycles. The molecular weight excluding hydrogens is 416 g/mol. The number of nitrogens with zero attached hydrogens (tertiary/aromatic N) is 7. The van der Waals surface area contributed by atoms with Crippen LogP contribution >= 0.6 is 0 Å². The van der Waals surface area contributed by atoms with Crippen molar-refractivity contribution in [3.63, 3.8) is 0 Å². The molecule has 0 aliphatic carbocycles. The van der Waals surface area contributed by atoms with Crippen LogP contribution in [0.1, 0.15) is 17.0 Å². The molecule has 2 aromatic carbocycles. The summed E-state index contributed by atoms with van der Waals surface area (Å²) >= 11 is 0. The molecule has 1 unspecified atom stereocenters. The van der Waals surface area contributed by atoms with Crippen molar-refractivity contribution >= 4 is 22.1 Å². The molecular formula is C24H24N8O. The molecule has 1 atom stereocenters. The van der Waals surface area contributed by atoms with E-state index in [-0.39, 0.29) is 5.56 Å². The van der Waals surface area contributed by atoms with Crippen molar-refractivity contribution in [1.82, 2.24) is 34.0 Å². The van der Waals surface area contributed by atoms with Crippen molar-refractivity contribution < 1.29 is 0 Å². The maximum Gasteiger partial charge on any atom is 0.266 e. The van der Waals surface area contributed by atoms with Gasteiger partial charge in [-0.2, -0.15) is 0 Å². The molecule has 0 amide bonds. The summed E-state index contributed by atoms with van der Waals surface area (Å²) in [6.45, 7) is 3.87. The largest absolute Gasteiger partial charge is 0.289 e. The third-order valence-corrected chi connectivity index (χ3v) is 6.05. The summed E-state index contributed by atoms with van der Waals surface area (Å²) in [6.07, 6.45) is 4.68. The van der Waals surface area contributed by atoms with Gasteiger partial charge in [0.15, 0.2) is 11.5 Å². The highest BCUT2D eigenvalue weighted by Crippen LogP contribution is 2.29. The van der Waals surface area contributed by atoms with Crippen LogP contribution in [0, 0.1) is 13.8 Å². The Hall–Kier alpha value is -3.95. The van der Waals surface area contributed by atoms with Gasteiger partial charge in [-0.25, -0.2) is 19.9 Å². The summed E-state index contributed by atoms with van der Waals surface area (Å²) in [6, 6.07) is 13.3. The first-order chi connectivity index (χ1) is 15.8. The minimum Gasteiger partial charge on any atom is -0.289 e. The van der Waals surface area contributed by atoms with E-state index in [9.17, 15) is 4.79 Å². The molecule has 9 heteroatoms. The fourth-order valence-corrected chi connectivity index (χ4v) is 4.22. The molecule has 0 fully saturated rings. The second-order valence-corrected chi connectivity index (χ2v) is 8.30. The number of nitrogens with two attached hydrogens (primary N) is 1. The summed E-state index contributed by atoms with van der Waals surface area (Å²) in [4.78, 5) is 33.7. The zero-order valence-corrected chi connectivity index (χ0v) is 18.9. The van der Waals surface area contributed by atoms with E-state index in [4.69, 9.17) is 10.7 Å². The number of benzene rings is 2. The Bertz CT molecular complexity index is 1570. The first-order valence-corrected chi connectivity index (χ1v) is 10.5. The molecule has 5 aromatic rings. The van der Waals surface area contributed by atoms with Crippen LogP contribution in [0.4, 0.5) is 0 Å². The smallest absolute Gasteiger partial charge is 0.266 e. The molecule has 33 heavy (non-hydrogen) atoms. The fourth-order valence-electron chi connectivity index (χ4n) is 4.22. The number of aryl methyl sites for hydroxylation is 2. The van der Waals surface area contributed by atoms with E-state index in [1.807, 2.05) is 70.4 Å². The number of rotatable bonds is 4. The van der Waals surface area contributed by atoms with Crippen LogP contribution in [0.5, 0.6) is 0 Å². The predicted molar refractivity (Wildman–Crippen MR) is 127 cm³/mol. The zero-order valence-electron chi connectivity index (χ0n) is 18.9. The van der Waals surface area contributed by atoms with E-state index in [0.29, 0.717) is 33.6 Å². The van der Waals surface area contributed by atoms with Gasteiger partial charge >= 0.3 is 0 Å². The van der Waals surface area contributed by atoms with Crippen LogP contribution in [-0.4, -0.2) is 48.1 Å². The van der Waals surface area contributed by atoms with E-state index in [0.717, 1.165) is 11.1 Å². The van der Waals surface area contributed by atoms with Gasteiger partial charge in [-0.05, 0) is 51.2 Å². The lowest BCUT2D eigenvalue weighted by atomic mass is 10.1. The van der Waals surface area contributed by atoms with Crippen molar-refractivity contribution in [3.05, 3.63) is 88.6 Å². The molecule has 0 radical (unpaired) electrons. The van der Waals surface area contributed by atoms with Gasteiger partial charge in [0, 0.05) is 0 Å². The second-order valence-electron chi connectivity index (χ2n) is 8.30. The molecule has 3 aromatic heterocycles. The Labute approximate surface area is 190 Å². The van der Waals surface area contributed by atoms with Crippen LogP contribution < -0.4 is 11.3 Å². The Morgan fingerprint density at radius 1 is 0.970 bits per heavy atom. The molecule has 166 valence electrons. The van der Waals surface area contributed by atoms with E-state index >= 15 is 0 Å². The van der Waals surface area contributed by atoms with E-state index in [2.05, 4.69) is 15.0 Å². The van der Waals surface area contributed by atoms with E-state index in [1.165, 1.54) is 6.33 Å². The van der Waals surface area contributed by atoms with Crippen molar-refractivity contribution in [1.29, 1.82) is 0 Å². The lowest BCUT2D eigenvalue weighted by Gasteiger charge is -2.38. The number of hydrogen-bond donors (Lipinski definition) is 1. The van der Waals surface area contributed by atoms with Crippen LogP contribution in [0.2, 0.25) is 0 Å². The fraction of sp³-hybridized carbons (Fsp3) is 0.208. The average Bonchev–Trinajstić information content (AvgIpc) is 3.23. The summed E-state index contributed by atoms with van der Waals surface area (Å²) in [5, 5.41) is 0.559. The summed E-state index contributed by atoms with van der Waals surface area (Å²) in [5.74, 6) is -1.04. The van der Waals surface area contributed by atoms with Crippen molar-refractivity contribution in [2.24, 2.45) is 5.73 Å². The summed E-state index contributed by atoms with van der Waals surface area (Å²) in [7, 11) is 3.67. The Balaban J connectivity index is 1.97. The van der Waals surface area contributed by atoms with Crippen molar-refractivity contribution in [3.8, 4) is 5.69 Å². The minimum atomic E-state index is -1.39. The Kier molecular flexibility index (Phi) is 4.80. The number of aromatic nitrogens is 6. The van der Waals surface area contributed by atoms with Crippen molar-refractivity contribution in [2.75, 3.05) is 14.1 Å². The molecule has 0 saturated heterocycles. The average molecular weight is 441 g/mol. The molecule has 5 rings (SSSR count). The first-order valence-electron chi connectivity index (χ1n) is 10.5. The Morgan fingerprint density at radius 2 is 1.73 bits per heavy atom. The van der Waals surface area contributed by atoms with Gasteiger partial charge in [0.1, 0.15) is 18.2 Å². The molecule has 0 saturated carbocycles. The Morgan fingerprint density at radius 3 is 2.48 bits per heavy atom. The van der Waals surface area contributed by atoms with Gasteiger partial charge in [-0.15, -0.1) is 0 Å².